The average molecular weight is 535 g/mol. The molecule has 0 aliphatic rings. The molecule has 4 aromatic rings. The third-order valence-electron chi connectivity index (χ3n) is 4.77. The predicted octanol–water partition coefficient (Wildman–Crippen LogP) is 2.53. The Hall–Kier alpha value is -3.04. The minimum Gasteiger partial charge on any atom is -0.744 e. The van der Waals surface area contributed by atoms with Crippen LogP contribution in [0.5, 0.6) is 5.75 Å². The fraction of sp³-hybridized carbons (Fsp3) is 0. The molecule has 0 atom stereocenters. The first kappa shape index (κ1) is 27.5. The van der Waals surface area contributed by atoms with E-state index < -0.39 is 25.1 Å². The first-order valence-corrected chi connectivity index (χ1v) is 12.6. The molecule has 0 unspecified atom stereocenters. The van der Waals surface area contributed by atoms with E-state index in [0.29, 0.717) is 5.39 Å². The van der Waals surface area contributed by atoms with E-state index in [1.807, 2.05) is 0 Å². The molecule has 36 heavy (non-hydrogen) atoms. The standard InChI is InChI=1S/C22H16N4O7S2.Na/c27-20-12-5-14-3-1-2-4-18(14)22(20)26-25-19-11-8-16(13-21(19)35(31,32)33)24-23-15-6-9-17(10-7-15)34(28,29)30;/h1-13,27H,(H,28,29,30)(H,31,32,33);/q;+1/p-1. The van der Waals surface area contributed by atoms with Crippen molar-refractivity contribution in [1.82, 2.24) is 0 Å². The van der Waals surface area contributed by atoms with Gasteiger partial charge in [-0.1, -0.05) is 30.3 Å². The molecule has 0 saturated carbocycles. The van der Waals surface area contributed by atoms with E-state index in [-0.39, 0.29) is 63.0 Å². The molecule has 0 amide bonds. The summed E-state index contributed by atoms with van der Waals surface area (Å²) in [6.07, 6.45) is 0. The van der Waals surface area contributed by atoms with Crippen LogP contribution in [0.2, 0.25) is 0 Å². The summed E-state index contributed by atoms with van der Waals surface area (Å²) in [6, 6.07) is 18.5. The van der Waals surface area contributed by atoms with Crippen LogP contribution in [0, 0.1) is 0 Å². The van der Waals surface area contributed by atoms with Crippen molar-refractivity contribution in [1.29, 1.82) is 0 Å². The van der Waals surface area contributed by atoms with Crippen LogP contribution in [-0.2, 0) is 20.2 Å². The number of phenols is 1. The van der Waals surface area contributed by atoms with Crippen molar-refractivity contribution in [3.63, 3.8) is 0 Å². The number of azo groups is 2. The van der Waals surface area contributed by atoms with Gasteiger partial charge in [-0.2, -0.15) is 18.6 Å². The van der Waals surface area contributed by atoms with E-state index in [4.69, 9.17) is 4.55 Å². The molecule has 4 aromatic carbocycles. The van der Waals surface area contributed by atoms with Crippen LogP contribution < -0.4 is 29.6 Å². The van der Waals surface area contributed by atoms with Gasteiger partial charge in [-0.25, -0.2) is 8.42 Å². The summed E-state index contributed by atoms with van der Waals surface area (Å²) in [6.45, 7) is 0. The minimum atomic E-state index is -4.98. The number of hydrogen-bond donors (Lipinski definition) is 2. The van der Waals surface area contributed by atoms with Crippen LogP contribution in [0.1, 0.15) is 0 Å². The first-order chi connectivity index (χ1) is 16.5. The Labute approximate surface area is 228 Å². The number of aromatic hydroxyl groups is 1. The van der Waals surface area contributed by atoms with Gasteiger partial charge in [0.25, 0.3) is 10.1 Å². The van der Waals surface area contributed by atoms with Gasteiger partial charge in [0.05, 0.1) is 21.2 Å². The van der Waals surface area contributed by atoms with Crippen LogP contribution in [0.25, 0.3) is 10.8 Å². The fourth-order valence-electron chi connectivity index (χ4n) is 3.10. The van der Waals surface area contributed by atoms with Gasteiger partial charge in [-0.3, -0.25) is 4.55 Å². The Kier molecular flexibility index (Phi) is 8.36. The molecule has 0 aliphatic heterocycles. The maximum atomic E-state index is 11.8. The zero-order chi connectivity index (χ0) is 25.2. The Morgan fingerprint density at radius 1 is 0.722 bits per heavy atom. The Morgan fingerprint density at radius 2 is 1.36 bits per heavy atom. The fourth-order valence-corrected chi connectivity index (χ4v) is 4.21. The van der Waals surface area contributed by atoms with E-state index in [9.17, 15) is 26.5 Å². The minimum absolute atomic E-state index is 0. The van der Waals surface area contributed by atoms with E-state index in [1.54, 1.807) is 30.3 Å². The molecule has 0 saturated heterocycles. The number of hydrogen-bond acceptors (Lipinski definition) is 10. The van der Waals surface area contributed by atoms with Crippen molar-refractivity contribution in [2.24, 2.45) is 20.5 Å². The molecule has 4 rings (SSSR count). The second-order valence-electron chi connectivity index (χ2n) is 7.13. The molecular formula is C22H15N4NaO7S2. The van der Waals surface area contributed by atoms with Crippen molar-refractivity contribution >= 4 is 53.8 Å². The van der Waals surface area contributed by atoms with Crippen LogP contribution in [-0.4, -0.2) is 31.0 Å². The van der Waals surface area contributed by atoms with Crippen molar-refractivity contribution in [2.75, 3.05) is 0 Å². The normalized spacial score (nSPS) is 12.3. The average Bonchev–Trinajstić information content (AvgIpc) is 2.81. The van der Waals surface area contributed by atoms with Crippen molar-refractivity contribution < 1.29 is 60.6 Å². The SMILES string of the molecule is O=S(=O)([O-])c1cc(N=Nc2ccc(S(=O)(=O)O)cc2)ccc1N=Nc1c(O)ccc2ccccc12.[Na+]. The smallest absolute Gasteiger partial charge is 0.744 e. The molecule has 0 aromatic heterocycles. The molecule has 0 spiro atoms. The van der Waals surface area contributed by atoms with Gasteiger partial charge in [-0.05, 0) is 53.9 Å². The number of benzene rings is 4. The number of nitrogens with zero attached hydrogens (tertiary/aromatic N) is 4. The summed E-state index contributed by atoms with van der Waals surface area (Å²) in [5.74, 6) is -0.176. The van der Waals surface area contributed by atoms with Crippen molar-refractivity contribution in [2.45, 2.75) is 9.79 Å². The molecule has 0 fully saturated rings. The number of fused-ring (bicyclic) bond motifs is 1. The Balaban J connectivity index is 0.00000361. The first-order valence-electron chi connectivity index (χ1n) is 9.74. The van der Waals surface area contributed by atoms with Gasteiger partial charge in [-0.15, -0.1) is 10.2 Å². The zero-order valence-corrected chi connectivity index (χ0v) is 22.2. The van der Waals surface area contributed by atoms with Crippen molar-refractivity contribution in [3.8, 4) is 5.75 Å². The third kappa shape index (κ3) is 6.39. The van der Waals surface area contributed by atoms with Gasteiger partial charge in [0, 0.05) is 5.39 Å². The van der Waals surface area contributed by atoms with Gasteiger partial charge in [0.15, 0.2) is 0 Å². The van der Waals surface area contributed by atoms with Gasteiger partial charge < -0.3 is 9.66 Å². The van der Waals surface area contributed by atoms with E-state index in [1.165, 1.54) is 30.3 Å². The topological polar surface area (TPSA) is 181 Å². The maximum Gasteiger partial charge on any atom is 1.00 e. The summed E-state index contributed by atoms with van der Waals surface area (Å²) in [4.78, 5) is -1.03. The number of rotatable bonds is 6. The zero-order valence-electron chi connectivity index (χ0n) is 18.5. The van der Waals surface area contributed by atoms with Gasteiger partial charge >= 0.3 is 29.6 Å². The van der Waals surface area contributed by atoms with Gasteiger partial charge in [0.2, 0.25) is 0 Å². The molecule has 14 heteroatoms. The van der Waals surface area contributed by atoms with Crippen LogP contribution >= 0.6 is 0 Å². The van der Waals surface area contributed by atoms with Crippen molar-refractivity contribution in [3.05, 3.63) is 78.9 Å². The largest absolute Gasteiger partial charge is 1.00 e. The quantitative estimate of drug-likeness (QED) is 0.216. The molecule has 0 heterocycles. The maximum absolute atomic E-state index is 11.8. The number of phenolic OH excluding ortho intramolecular Hbond substituents is 1. The van der Waals surface area contributed by atoms with Crippen LogP contribution in [0.4, 0.5) is 22.7 Å². The summed E-state index contributed by atoms with van der Waals surface area (Å²) in [5, 5.41) is 27.1. The summed E-state index contributed by atoms with van der Waals surface area (Å²) < 4.78 is 66.7. The summed E-state index contributed by atoms with van der Waals surface area (Å²) in [5.41, 5.74) is 0.0580. The second-order valence-corrected chi connectivity index (χ2v) is 9.90. The monoisotopic (exact) mass is 534 g/mol. The summed E-state index contributed by atoms with van der Waals surface area (Å²) >= 11 is 0. The molecule has 2 N–H and O–H groups in total. The summed E-state index contributed by atoms with van der Waals surface area (Å²) in [7, 11) is -9.34. The van der Waals surface area contributed by atoms with E-state index >= 15 is 0 Å². The molecular weight excluding hydrogens is 519 g/mol. The third-order valence-corrected chi connectivity index (χ3v) is 6.50. The van der Waals surface area contributed by atoms with Crippen LogP contribution in [0.3, 0.4) is 0 Å². The van der Waals surface area contributed by atoms with Crippen LogP contribution in [0.15, 0.2) is 109 Å². The Bertz CT molecular complexity index is 1710. The molecule has 0 radical (unpaired) electrons. The van der Waals surface area contributed by atoms with E-state index in [2.05, 4.69) is 20.5 Å². The van der Waals surface area contributed by atoms with Gasteiger partial charge in [0.1, 0.15) is 27.2 Å². The Morgan fingerprint density at radius 3 is 2.03 bits per heavy atom. The molecule has 0 bridgehead atoms. The second kappa shape index (κ2) is 10.9. The predicted molar refractivity (Wildman–Crippen MR) is 125 cm³/mol. The molecule has 0 aliphatic carbocycles. The molecule has 178 valence electrons. The molecule has 11 nitrogen and oxygen atoms in total. The van der Waals surface area contributed by atoms with E-state index in [0.717, 1.165) is 23.6 Å².